The summed E-state index contributed by atoms with van der Waals surface area (Å²) < 4.78 is 10.9. The molecular formula is C11H23NO2. The Morgan fingerprint density at radius 3 is 2.29 bits per heavy atom. The molecule has 0 aliphatic rings. The van der Waals surface area contributed by atoms with Gasteiger partial charge in [-0.15, -0.1) is 0 Å². The molecule has 0 heterocycles. The number of rotatable bonds is 7. The molecule has 0 rings (SSSR count). The minimum absolute atomic E-state index is 0.0697. The molecule has 3 heteroatoms. The Bertz CT molecular complexity index is 157. The molecule has 0 fully saturated rings. The first-order valence-corrected chi connectivity index (χ1v) is 5.32. The molecule has 0 spiro atoms. The maximum atomic E-state index is 5.53. The third kappa shape index (κ3) is 8.20. The summed E-state index contributed by atoms with van der Waals surface area (Å²) in [5, 5.41) is 0. The monoisotopic (exact) mass is 201 g/mol. The number of hydrogen-bond acceptors (Lipinski definition) is 3. The highest BCUT2D eigenvalue weighted by Crippen LogP contribution is 1.96. The summed E-state index contributed by atoms with van der Waals surface area (Å²) in [4.78, 5) is 4.26. The lowest BCUT2D eigenvalue weighted by atomic mass is 10.4. The maximum Gasteiger partial charge on any atom is 0.0895 e. The molecule has 0 amide bonds. The maximum absolute atomic E-state index is 5.53. The van der Waals surface area contributed by atoms with Gasteiger partial charge in [0.2, 0.25) is 0 Å². The highest BCUT2D eigenvalue weighted by molar-refractivity contribution is 5.62. The summed E-state index contributed by atoms with van der Waals surface area (Å²) in [5.74, 6) is 0. The second kappa shape index (κ2) is 7.94. The van der Waals surface area contributed by atoms with Crippen molar-refractivity contribution in [3.8, 4) is 0 Å². The summed E-state index contributed by atoms with van der Waals surface area (Å²) in [6.45, 7) is 11.4. The van der Waals surface area contributed by atoms with Gasteiger partial charge in [-0.2, -0.15) is 0 Å². The van der Waals surface area contributed by atoms with Gasteiger partial charge in [0.05, 0.1) is 18.8 Å². The SMILES string of the molecule is CCOC(C)COC(C)C=NC(C)C. The zero-order valence-corrected chi connectivity index (χ0v) is 9.99. The van der Waals surface area contributed by atoms with Gasteiger partial charge in [-0.25, -0.2) is 0 Å². The van der Waals surface area contributed by atoms with Gasteiger partial charge in [-0.3, -0.25) is 4.99 Å². The number of hydrogen-bond donors (Lipinski definition) is 0. The zero-order chi connectivity index (χ0) is 11.0. The van der Waals surface area contributed by atoms with Crippen LogP contribution in [0.3, 0.4) is 0 Å². The van der Waals surface area contributed by atoms with Crippen molar-refractivity contribution in [2.45, 2.75) is 52.9 Å². The second-order valence-corrected chi connectivity index (χ2v) is 3.70. The van der Waals surface area contributed by atoms with Gasteiger partial charge in [-0.1, -0.05) is 0 Å². The van der Waals surface area contributed by atoms with Gasteiger partial charge in [0.25, 0.3) is 0 Å². The molecule has 0 radical (unpaired) electrons. The molecule has 0 N–H and O–H groups in total. The Hall–Kier alpha value is -0.410. The lowest BCUT2D eigenvalue weighted by Crippen LogP contribution is -2.21. The molecule has 3 nitrogen and oxygen atoms in total. The van der Waals surface area contributed by atoms with Gasteiger partial charge in [0.15, 0.2) is 0 Å². The molecular weight excluding hydrogens is 178 g/mol. The van der Waals surface area contributed by atoms with Crippen LogP contribution in [0.2, 0.25) is 0 Å². The van der Waals surface area contributed by atoms with Crippen molar-refractivity contribution in [3.63, 3.8) is 0 Å². The number of nitrogens with zero attached hydrogens (tertiary/aromatic N) is 1. The topological polar surface area (TPSA) is 30.8 Å². The fraction of sp³-hybridized carbons (Fsp3) is 0.909. The van der Waals surface area contributed by atoms with Crippen LogP contribution in [0.25, 0.3) is 0 Å². The van der Waals surface area contributed by atoms with Crippen LogP contribution in [0, 0.1) is 0 Å². The quantitative estimate of drug-likeness (QED) is 0.592. The summed E-state index contributed by atoms with van der Waals surface area (Å²) >= 11 is 0. The van der Waals surface area contributed by atoms with E-state index in [1.54, 1.807) is 0 Å². The predicted octanol–water partition coefficient (Wildman–Crippen LogP) is 2.30. The number of ether oxygens (including phenoxy) is 2. The van der Waals surface area contributed by atoms with Crippen LogP contribution in [0.4, 0.5) is 0 Å². The normalized spacial score (nSPS) is 16.4. The Morgan fingerprint density at radius 2 is 1.79 bits per heavy atom. The second-order valence-electron chi connectivity index (χ2n) is 3.70. The predicted molar refractivity (Wildman–Crippen MR) is 60.1 cm³/mol. The minimum atomic E-state index is 0.0697. The summed E-state index contributed by atoms with van der Waals surface area (Å²) in [6.07, 6.45) is 2.08. The van der Waals surface area contributed by atoms with Crippen molar-refractivity contribution in [3.05, 3.63) is 0 Å². The Labute approximate surface area is 87.5 Å². The van der Waals surface area contributed by atoms with E-state index in [0.29, 0.717) is 12.6 Å². The third-order valence-electron chi connectivity index (χ3n) is 1.64. The van der Waals surface area contributed by atoms with Crippen molar-refractivity contribution in [1.82, 2.24) is 0 Å². The van der Waals surface area contributed by atoms with Crippen LogP contribution >= 0.6 is 0 Å². The van der Waals surface area contributed by atoms with Crippen LogP contribution in [0.1, 0.15) is 34.6 Å². The van der Waals surface area contributed by atoms with E-state index < -0.39 is 0 Å². The average molecular weight is 201 g/mol. The fourth-order valence-electron chi connectivity index (χ4n) is 0.956. The first-order chi connectivity index (χ1) is 6.56. The van der Waals surface area contributed by atoms with Gasteiger partial charge in [0, 0.05) is 18.9 Å². The molecule has 2 unspecified atom stereocenters. The summed E-state index contributed by atoms with van der Waals surface area (Å²) in [6, 6.07) is 0.338. The van der Waals surface area contributed by atoms with Crippen molar-refractivity contribution in [1.29, 1.82) is 0 Å². The molecule has 0 aliphatic heterocycles. The number of aliphatic imine (C=N–C) groups is 1. The first kappa shape index (κ1) is 13.6. The molecule has 0 bridgehead atoms. The lowest BCUT2D eigenvalue weighted by molar-refractivity contribution is -0.00955. The smallest absolute Gasteiger partial charge is 0.0895 e. The van der Waals surface area contributed by atoms with E-state index in [-0.39, 0.29) is 12.2 Å². The van der Waals surface area contributed by atoms with Gasteiger partial charge in [0.1, 0.15) is 0 Å². The van der Waals surface area contributed by atoms with Crippen LogP contribution < -0.4 is 0 Å². The fourth-order valence-corrected chi connectivity index (χ4v) is 0.956. The molecule has 0 aliphatic carbocycles. The average Bonchev–Trinajstić information content (AvgIpc) is 2.12. The molecule has 0 saturated heterocycles. The van der Waals surface area contributed by atoms with E-state index >= 15 is 0 Å². The van der Waals surface area contributed by atoms with E-state index in [4.69, 9.17) is 9.47 Å². The van der Waals surface area contributed by atoms with E-state index in [0.717, 1.165) is 6.61 Å². The van der Waals surface area contributed by atoms with Gasteiger partial charge in [-0.05, 0) is 34.6 Å². The van der Waals surface area contributed by atoms with E-state index in [1.807, 2.05) is 40.8 Å². The van der Waals surface area contributed by atoms with Crippen molar-refractivity contribution >= 4 is 6.21 Å². The van der Waals surface area contributed by atoms with E-state index in [1.165, 1.54) is 0 Å². The first-order valence-electron chi connectivity index (χ1n) is 5.32. The zero-order valence-electron chi connectivity index (χ0n) is 9.99. The van der Waals surface area contributed by atoms with E-state index in [9.17, 15) is 0 Å². The summed E-state index contributed by atoms with van der Waals surface area (Å²) in [7, 11) is 0. The molecule has 2 atom stereocenters. The summed E-state index contributed by atoms with van der Waals surface area (Å²) in [5.41, 5.74) is 0. The van der Waals surface area contributed by atoms with Crippen LogP contribution in [-0.4, -0.2) is 37.7 Å². The third-order valence-corrected chi connectivity index (χ3v) is 1.64. The van der Waals surface area contributed by atoms with Gasteiger partial charge < -0.3 is 9.47 Å². The highest BCUT2D eigenvalue weighted by Gasteiger charge is 2.04. The highest BCUT2D eigenvalue weighted by atomic mass is 16.5. The minimum Gasteiger partial charge on any atom is -0.376 e. The Balaban J connectivity index is 3.57. The molecule has 0 aromatic rings. The van der Waals surface area contributed by atoms with Crippen LogP contribution in [0.5, 0.6) is 0 Å². The van der Waals surface area contributed by atoms with Crippen molar-refractivity contribution in [2.24, 2.45) is 4.99 Å². The van der Waals surface area contributed by atoms with Crippen LogP contribution in [-0.2, 0) is 9.47 Å². The van der Waals surface area contributed by atoms with Crippen LogP contribution in [0.15, 0.2) is 4.99 Å². The largest absolute Gasteiger partial charge is 0.376 e. The lowest BCUT2D eigenvalue weighted by Gasteiger charge is -2.14. The molecule has 0 aromatic carbocycles. The van der Waals surface area contributed by atoms with Gasteiger partial charge >= 0.3 is 0 Å². The Kier molecular flexibility index (Phi) is 7.71. The van der Waals surface area contributed by atoms with Crippen molar-refractivity contribution < 1.29 is 9.47 Å². The molecule has 0 aromatic heterocycles. The standard InChI is InChI=1S/C11H23NO2/c1-6-13-11(5)8-14-10(4)7-12-9(2)3/h7,9-11H,6,8H2,1-5H3. The molecule has 84 valence electrons. The van der Waals surface area contributed by atoms with E-state index in [2.05, 4.69) is 4.99 Å². The van der Waals surface area contributed by atoms with Crippen molar-refractivity contribution in [2.75, 3.05) is 13.2 Å². The molecule has 14 heavy (non-hydrogen) atoms. The molecule has 0 saturated carbocycles. The Morgan fingerprint density at radius 1 is 1.14 bits per heavy atom.